The van der Waals surface area contributed by atoms with Crippen LogP contribution in [0.25, 0.3) is 0 Å². The summed E-state index contributed by atoms with van der Waals surface area (Å²) in [5, 5.41) is 0. The molecule has 0 saturated heterocycles. The Hall–Kier alpha value is -0.970. The summed E-state index contributed by atoms with van der Waals surface area (Å²) < 4.78 is 65.9. The van der Waals surface area contributed by atoms with Crippen LogP contribution in [0.15, 0.2) is 0 Å². The van der Waals surface area contributed by atoms with Gasteiger partial charge in [0.05, 0.1) is 139 Å². The van der Waals surface area contributed by atoms with Crippen molar-refractivity contribution in [3.63, 3.8) is 0 Å². The highest BCUT2D eigenvalue weighted by molar-refractivity contribution is 5.69. The molecule has 0 aliphatic rings. The van der Waals surface area contributed by atoms with Crippen molar-refractivity contribution in [1.29, 1.82) is 0 Å². The topological polar surface area (TPSA) is 128 Å². The summed E-state index contributed by atoms with van der Waals surface area (Å²) in [5.74, 6) is -0.131. The molecule has 0 rings (SSSR count). The molecule has 0 saturated carbocycles. The van der Waals surface area contributed by atoms with E-state index in [1.54, 1.807) is 0 Å². The van der Waals surface area contributed by atoms with Crippen LogP contribution in [-0.2, 0) is 61.6 Å². The molecule has 0 fully saturated rings. The van der Waals surface area contributed by atoms with Gasteiger partial charge in [-0.2, -0.15) is 0 Å². The highest BCUT2D eigenvalue weighted by Gasteiger charge is 2.03. The first-order valence-electron chi connectivity index (χ1n) is 23.3. The molecule has 13 nitrogen and oxygen atoms in total. The van der Waals surface area contributed by atoms with Crippen molar-refractivity contribution in [2.75, 3.05) is 152 Å². The molecule has 348 valence electrons. The Balaban J connectivity index is 3.12. The molecule has 0 bridgehead atoms. The van der Waals surface area contributed by atoms with E-state index in [1.165, 1.54) is 96.3 Å². The van der Waals surface area contributed by atoms with Crippen LogP contribution in [0.2, 0.25) is 0 Å². The molecule has 0 aromatic carbocycles. The molecular formula is C45H90O13. The van der Waals surface area contributed by atoms with E-state index in [4.69, 9.17) is 56.8 Å². The zero-order valence-corrected chi connectivity index (χ0v) is 37.5. The lowest BCUT2D eigenvalue weighted by atomic mass is 10.0. The maximum atomic E-state index is 11.9. The van der Waals surface area contributed by atoms with Gasteiger partial charge in [-0.1, -0.05) is 117 Å². The number of rotatable bonds is 53. The highest BCUT2D eigenvalue weighted by atomic mass is 16.6. The van der Waals surface area contributed by atoms with Crippen LogP contribution in [0.1, 0.15) is 136 Å². The molecule has 0 unspecified atom stereocenters. The van der Waals surface area contributed by atoms with E-state index in [1.807, 2.05) is 0 Å². The number of hydrogen-bond donors (Lipinski definition) is 0. The molecule has 58 heavy (non-hydrogen) atoms. The van der Waals surface area contributed by atoms with Crippen LogP contribution in [-0.4, -0.2) is 158 Å². The van der Waals surface area contributed by atoms with Crippen molar-refractivity contribution in [3.05, 3.63) is 0 Å². The quantitative estimate of drug-likeness (QED) is 0.0432. The number of carbonyl (C=O) groups excluding carboxylic acids is 1. The molecule has 0 atom stereocenters. The van der Waals surface area contributed by atoms with Crippen LogP contribution in [0.3, 0.4) is 0 Å². The minimum atomic E-state index is -0.131. The van der Waals surface area contributed by atoms with E-state index in [-0.39, 0.29) is 12.6 Å². The van der Waals surface area contributed by atoms with Crippen LogP contribution >= 0.6 is 0 Å². The van der Waals surface area contributed by atoms with Crippen molar-refractivity contribution in [2.45, 2.75) is 136 Å². The summed E-state index contributed by atoms with van der Waals surface area (Å²) in [6, 6.07) is 0. The van der Waals surface area contributed by atoms with Gasteiger partial charge in [-0.15, -0.1) is 0 Å². The zero-order chi connectivity index (χ0) is 41.8. The summed E-state index contributed by atoms with van der Waals surface area (Å²) in [4.78, 5) is 11.9. The maximum Gasteiger partial charge on any atom is 0.305 e. The first-order valence-corrected chi connectivity index (χ1v) is 23.3. The molecule has 0 aliphatic heterocycles. The minimum Gasteiger partial charge on any atom is -0.463 e. The zero-order valence-electron chi connectivity index (χ0n) is 37.5. The van der Waals surface area contributed by atoms with Gasteiger partial charge in [0.1, 0.15) is 6.61 Å². The molecule has 0 N–H and O–H groups in total. The van der Waals surface area contributed by atoms with Crippen molar-refractivity contribution >= 4 is 5.97 Å². The Morgan fingerprint density at radius 1 is 0.241 bits per heavy atom. The molecular weight excluding hydrogens is 748 g/mol. The van der Waals surface area contributed by atoms with Crippen LogP contribution in [0.4, 0.5) is 0 Å². The van der Waals surface area contributed by atoms with Crippen molar-refractivity contribution < 1.29 is 61.6 Å². The number of ether oxygens (including phenoxy) is 12. The van der Waals surface area contributed by atoms with E-state index in [9.17, 15) is 4.79 Å². The fraction of sp³-hybridized carbons (Fsp3) is 0.978. The third-order valence-corrected chi connectivity index (χ3v) is 9.09. The number of esters is 1. The molecule has 0 radical (unpaired) electrons. The smallest absolute Gasteiger partial charge is 0.305 e. The molecule has 0 heterocycles. The summed E-state index contributed by atoms with van der Waals surface area (Å²) in [6.45, 7) is 16.4. The van der Waals surface area contributed by atoms with E-state index in [2.05, 4.69) is 13.8 Å². The van der Waals surface area contributed by atoms with Crippen molar-refractivity contribution in [2.24, 2.45) is 0 Å². The second-order valence-corrected chi connectivity index (χ2v) is 14.4. The Morgan fingerprint density at radius 2 is 0.448 bits per heavy atom. The lowest BCUT2D eigenvalue weighted by molar-refractivity contribution is -0.145. The van der Waals surface area contributed by atoms with Gasteiger partial charge in [-0.3, -0.25) is 4.79 Å². The first-order chi connectivity index (χ1) is 28.8. The van der Waals surface area contributed by atoms with E-state index in [0.717, 1.165) is 25.9 Å². The summed E-state index contributed by atoms with van der Waals surface area (Å²) in [5.41, 5.74) is 0. The van der Waals surface area contributed by atoms with Crippen LogP contribution in [0, 0.1) is 0 Å². The average molecular weight is 839 g/mol. The van der Waals surface area contributed by atoms with Gasteiger partial charge >= 0.3 is 5.97 Å². The van der Waals surface area contributed by atoms with Gasteiger partial charge in [0.15, 0.2) is 0 Å². The summed E-state index contributed by atoms with van der Waals surface area (Å²) in [7, 11) is 0. The predicted octanol–water partition coefficient (Wildman–Crippen LogP) is 8.16. The molecule has 13 heteroatoms. The fourth-order valence-electron chi connectivity index (χ4n) is 5.68. The highest BCUT2D eigenvalue weighted by Crippen LogP contribution is 2.13. The Labute approximate surface area is 354 Å². The standard InChI is InChI=1S/C45H90O13/c1-3-5-7-9-10-11-12-13-14-15-16-17-19-21-45(46)58-44-43-57-42-41-56-40-39-55-38-37-54-36-35-53-34-33-52-32-31-51-30-29-50-28-27-49-26-25-48-24-23-47-22-20-18-8-6-4-2/h3-44H2,1-2H3. The van der Waals surface area contributed by atoms with Gasteiger partial charge in [0.2, 0.25) is 0 Å². The molecule has 0 aromatic heterocycles. The number of unbranched alkanes of at least 4 members (excludes halogenated alkanes) is 16. The van der Waals surface area contributed by atoms with Crippen LogP contribution in [0.5, 0.6) is 0 Å². The normalized spacial score (nSPS) is 11.6. The van der Waals surface area contributed by atoms with Gasteiger partial charge in [0, 0.05) is 13.0 Å². The Kier molecular flexibility index (Phi) is 53.1. The second kappa shape index (κ2) is 54.0. The Bertz CT molecular complexity index is 749. The fourth-order valence-corrected chi connectivity index (χ4v) is 5.68. The van der Waals surface area contributed by atoms with Gasteiger partial charge in [-0.05, 0) is 12.8 Å². The molecule has 0 aliphatic carbocycles. The third-order valence-electron chi connectivity index (χ3n) is 9.09. The monoisotopic (exact) mass is 839 g/mol. The summed E-state index contributed by atoms with van der Waals surface area (Å²) in [6.07, 6.45) is 23.6. The summed E-state index contributed by atoms with van der Waals surface area (Å²) >= 11 is 0. The van der Waals surface area contributed by atoms with Gasteiger partial charge in [0.25, 0.3) is 0 Å². The predicted molar refractivity (Wildman–Crippen MR) is 229 cm³/mol. The van der Waals surface area contributed by atoms with Gasteiger partial charge in [-0.25, -0.2) is 0 Å². The van der Waals surface area contributed by atoms with Crippen molar-refractivity contribution in [3.8, 4) is 0 Å². The molecule has 0 spiro atoms. The van der Waals surface area contributed by atoms with Gasteiger partial charge < -0.3 is 56.8 Å². The third kappa shape index (κ3) is 53.0. The Morgan fingerprint density at radius 3 is 0.724 bits per heavy atom. The largest absolute Gasteiger partial charge is 0.463 e. The SMILES string of the molecule is CCCCCCCCCCCCCCCC(=O)OCCOCCOCCOCCOCCOCCOCCOCCOCCOCCOCCOCCCCCCC. The number of hydrogen-bond acceptors (Lipinski definition) is 13. The molecule has 0 amide bonds. The second-order valence-electron chi connectivity index (χ2n) is 14.4. The number of carbonyl (C=O) groups is 1. The van der Waals surface area contributed by atoms with E-state index in [0.29, 0.717) is 145 Å². The average Bonchev–Trinajstić information content (AvgIpc) is 3.23. The maximum absolute atomic E-state index is 11.9. The molecule has 0 aromatic rings. The van der Waals surface area contributed by atoms with Crippen molar-refractivity contribution in [1.82, 2.24) is 0 Å². The van der Waals surface area contributed by atoms with E-state index >= 15 is 0 Å². The first kappa shape index (κ1) is 57.0. The van der Waals surface area contributed by atoms with E-state index < -0.39 is 0 Å². The van der Waals surface area contributed by atoms with Crippen LogP contribution < -0.4 is 0 Å². The lowest BCUT2D eigenvalue weighted by Crippen LogP contribution is -2.15. The lowest BCUT2D eigenvalue weighted by Gasteiger charge is -2.09. The minimum absolute atomic E-state index is 0.131.